The number of nitrogens with zero attached hydrogens (tertiary/aromatic N) is 1. The van der Waals surface area contributed by atoms with Crippen molar-refractivity contribution in [3.05, 3.63) is 18.3 Å². The number of nitrogens with two attached hydrogens (primary N) is 1. The summed E-state index contributed by atoms with van der Waals surface area (Å²) in [4.78, 5) is 4.01. The molecular formula is C13H24N4O2S. The van der Waals surface area contributed by atoms with Crippen LogP contribution in [0.2, 0.25) is 0 Å². The first-order chi connectivity index (χ1) is 9.55. The molecule has 4 N–H and O–H groups in total. The summed E-state index contributed by atoms with van der Waals surface area (Å²) >= 11 is 0. The predicted octanol–water partition coefficient (Wildman–Crippen LogP) is 2.00. The summed E-state index contributed by atoms with van der Waals surface area (Å²) in [5.74, 6) is 5.47. The summed E-state index contributed by atoms with van der Waals surface area (Å²) in [6, 6.07) is 3.03. The van der Waals surface area contributed by atoms with Crippen molar-refractivity contribution in [2.24, 2.45) is 5.84 Å². The average molecular weight is 300 g/mol. The zero-order valence-corrected chi connectivity index (χ0v) is 12.9. The molecular weight excluding hydrogens is 276 g/mol. The maximum Gasteiger partial charge on any atom is 0.244 e. The lowest BCUT2D eigenvalue weighted by Gasteiger charge is -2.18. The van der Waals surface area contributed by atoms with Gasteiger partial charge in [0.25, 0.3) is 0 Å². The molecule has 0 radical (unpaired) electrons. The highest BCUT2D eigenvalue weighted by molar-refractivity contribution is 7.89. The van der Waals surface area contributed by atoms with E-state index in [4.69, 9.17) is 5.84 Å². The molecule has 114 valence electrons. The van der Waals surface area contributed by atoms with Gasteiger partial charge in [-0.15, -0.1) is 0 Å². The van der Waals surface area contributed by atoms with E-state index in [2.05, 4.69) is 22.1 Å². The van der Waals surface area contributed by atoms with Crippen LogP contribution < -0.4 is 16.0 Å². The molecule has 1 unspecified atom stereocenters. The minimum Gasteiger partial charge on any atom is -0.307 e. The topological polar surface area (TPSA) is 97.1 Å². The molecule has 20 heavy (non-hydrogen) atoms. The van der Waals surface area contributed by atoms with E-state index in [-0.39, 0.29) is 16.8 Å². The zero-order chi connectivity index (χ0) is 15.0. The minimum atomic E-state index is -3.61. The van der Waals surface area contributed by atoms with Gasteiger partial charge in [-0.1, -0.05) is 33.1 Å². The zero-order valence-electron chi connectivity index (χ0n) is 12.1. The van der Waals surface area contributed by atoms with Gasteiger partial charge < -0.3 is 5.43 Å². The standard InChI is InChI=1S/C13H24N4O2S/c1-3-5-8-11(7-4-2)17-20(18,19)12-9-6-10-15-13(12)16-14/h6,9-11,17H,3-5,7-8,14H2,1-2H3,(H,15,16). The number of nitrogens with one attached hydrogen (secondary N) is 2. The molecule has 6 nitrogen and oxygen atoms in total. The van der Waals surface area contributed by atoms with Gasteiger partial charge in [0.05, 0.1) is 0 Å². The monoisotopic (exact) mass is 300 g/mol. The van der Waals surface area contributed by atoms with Crippen LogP contribution in [0, 0.1) is 0 Å². The molecule has 0 saturated carbocycles. The summed E-state index contributed by atoms with van der Waals surface area (Å²) < 4.78 is 27.6. The fourth-order valence-electron chi connectivity index (χ4n) is 2.06. The van der Waals surface area contributed by atoms with Crippen molar-refractivity contribution in [1.82, 2.24) is 9.71 Å². The number of anilines is 1. The molecule has 1 rings (SSSR count). The van der Waals surface area contributed by atoms with E-state index in [1.807, 2.05) is 6.92 Å². The third-order valence-corrected chi connectivity index (χ3v) is 4.61. The van der Waals surface area contributed by atoms with Crippen molar-refractivity contribution >= 4 is 15.8 Å². The van der Waals surface area contributed by atoms with E-state index in [9.17, 15) is 8.42 Å². The number of aromatic nitrogens is 1. The lowest BCUT2D eigenvalue weighted by atomic mass is 10.1. The number of pyridine rings is 1. The summed E-state index contributed by atoms with van der Waals surface area (Å²) in [6.45, 7) is 4.14. The first kappa shape index (κ1) is 16.9. The van der Waals surface area contributed by atoms with E-state index < -0.39 is 10.0 Å². The Morgan fingerprint density at radius 2 is 2.05 bits per heavy atom. The van der Waals surface area contributed by atoms with Gasteiger partial charge in [0.2, 0.25) is 10.0 Å². The smallest absolute Gasteiger partial charge is 0.244 e. The number of hydrogen-bond acceptors (Lipinski definition) is 5. The van der Waals surface area contributed by atoms with Crippen molar-refractivity contribution in [2.75, 3.05) is 5.43 Å². The Balaban J connectivity index is 2.91. The molecule has 0 aliphatic heterocycles. The molecule has 0 spiro atoms. The normalized spacial score (nSPS) is 13.2. The Morgan fingerprint density at radius 3 is 2.65 bits per heavy atom. The highest BCUT2D eigenvalue weighted by atomic mass is 32.2. The van der Waals surface area contributed by atoms with E-state index in [1.165, 1.54) is 12.3 Å². The summed E-state index contributed by atoms with van der Waals surface area (Å²) in [5, 5.41) is 0. The molecule has 1 heterocycles. The molecule has 0 saturated heterocycles. The second kappa shape index (κ2) is 8.18. The molecule has 0 aliphatic rings. The molecule has 0 aliphatic carbocycles. The Hall–Kier alpha value is -1.18. The number of hydrazine groups is 1. The SMILES string of the molecule is CCCCC(CCC)NS(=O)(=O)c1cccnc1NN. The summed E-state index contributed by atoms with van der Waals surface area (Å²) in [5.41, 5.74) is 2.32. The number of sulfonamides is 1. The van der Waals surface area contributed by atoms with Crippen molar-refractivity contribution in [2.45, 2.75) is 56.9 Å². The van der Waals surface area contributed by atoms with Crippen LogP contribution in [0.25, 0.3) is 0 Å². The van der Waals surface area contributed by atoms with Crippen LogP contribution in [0.5, 0.6) is 0 Å². The van der Waals surface area contributed by atoms with E-state index in [0.717, 1.165) is 32.1 Å². The van der Waals surface area contributed by atoms with Gasteiger partial charge in [-0.2, -0.15) is 0 Å². The summed E-state index contributed by atoms with van der Waals surface area (Å²) in [7, 11) is -3.61. The Labute approximate surface area is 121 Å². The van der Waals surface area contributed by atoms with Crippen molar-refractivity contribution in [3.63, 3.8) is 0 Å². The van der Waals surface area contributed by atoms with E-state index in [0.29, 0.717) is 0 Å². The van der Waals surface area contributed by atoms with E-state index >= 15 is 0 Å². The van der Waals surface area contributed by atoms with Crippen molar-refractivity contribution in [3.8, 4) is 0 Å². The third-order valence-electron chi connectivity index (χ3n) is 3.06. The van der Waals surface area contributed by atoms with Crippen LogP contribution >= 0.6 is 0 Å². The molecule has 7 heteroatoms. The number of nitrogen functional groups attached to an aromatic ring is 1. The van der Waals surface area contributed by atoms with Gasteiger partial charge in [0.15, 0.2) is 5.82 Å². The van der Waals surface area contributed by atoms with Gasteiger partial charge in [-0.3, -0.25) is 0 Å². The minimum absolute atomic E-state index is 0.0456. The molecule has 1 aromatic rings. The molecule has 0 fully saturated rings. The number of hydrogen-bond donors (Lipinski definition) is 3. The molecule has 0 aromatic carbocycles. The summed E-state index contributed by atoms with van der Waals surface area (Å²) in [6.07, 6.45) is 6.15. The lowest BCUT2D eigenvalue weighted by molar-refractivity contribution is 0.483. The van der Waals surface area contributed by atoms with Crippen LogP contribution in [0.4, 0.5) is 5.82 Å². The predicted molar refractivity (Wildman–Crippen MR) is 80.6 cm³/mol. The number of unbranched alkanes of at least 4 members (excludes halogenated alkanes) is 1. The quantitative estimate of drug-likeness (QED) is 0.479. The van der Waals surface area contributed by atoms with Crippen LogP contribution in [0.15, 0.2) is 23.2 Å². The second-order valence-electron chi connectivity index (χ2n) is 4.74. The van der Waals surface area contributed by atoms with E-state index in [1.54, 1.807) is 6.07 Å². The van der Waals surface area contributed by atoms with Crippen LogP contribution in [0.3, 0.4) is 0 Å². The maximum absolute atomic E-state index is 12.4. The fourth-order valence-corrected chi connectivity index (χ4v) is 3.49. The molecule has 0 bridgehead atoms. The first-order valence-corrected chi connectivity index (χ1v) is 8.47. The molecule has 1 aromatic heterocycles. The van der Waals surface area contributed by atoms with Gasteiger partial charge in [-0.25, -0.2) is 24.0 Å². The van der Waals surface area contributed by atoms with Crippen LogP contribution in [-0.4, -0.2) is 19.4 Å². The third kappa shape index (κ3) is 4.73. The molecule has 0 amide bonds. The average Bonchev–Trinajstić information content (AvgIpc) is 2.44. The lowest BCUT2D eigenvalue weighted by Crippen LogP contribution is -2.35. The maximum atomic E-state index is 12.4. The second-order valence-corrected chi connectivity index (χ2v) is 6.43. The van der Waals surface area contributed by atoms with Crippen molar-refractivity contribution in [1.29, 1.82) is 0 Å². The van der Waals surface area contributed by atoms with Crippen LogP contribution in [0.1, 0.15) is 46.0 Å². The van der Waals surface area contributed by atoms with Gasteiger partial charge >= 0.3 is 0 Å². The van der Waals surface area contributed by atoms with Gasteiger partial charge in [-0.05, 0) is 25.0 Å². The Bertz CT molecular complexity index is 505. The van der Waals surface area contributed by atoms with Gasteiger partial charge in [0, 0.05) is 12.2 Å². The Kier molecular flexibility index (Phi) is 6.90. The van der Waals surface area contributed by atoms with Gasteiger partial charge in [0.1, 0.15) is 4.90 Å². The highest BCUT2D eigenvalue weighted by Gasteiger charge is 2.22. The first-order valence-electron chi connectivity index (χ1n) is 6.99. The largest absolute Gasteiger partial charge is 0.307 e. The highest BCUT2D eigenvalue weighted by Crippen LogP contribution is 2.18. The number of rotatable bonds is 9. The molecule has 1 atom stereocenters. The fraction of sp³-hybridized carbons (Fsp3) is 0.615. The Morgan fingerprint density at radius 1 is 1.30 bits per heavy atom. The van der Waals surface area contributed by atoms with Crippen molar-refractivity contribution < 1.29 is 8.42 Å². The van der Waals surface area contributed by atoms with Crippen LogP contribution in [-0.2, 0) is 10.0 Å².